The summed E-state index contributed by atoms with van der Waals surface area (Å²) >= 11 is 0. The van der Waals surface area contributed by atoms with Gasteiger partial charge in [-0.3, -0.25) is 9.78 Å². The molecule has 0 fully saturated rings. The SMILES string of the molecule is COCc1cc(NC(=O)c2cc(C)nc3ccccc23)cc(C(=O)O)c1. The number of carbonyl (C=O) groups is 2. The molecule has 0 bridgehead atoms. The number of aromatic nitrogens is 1. The number of hydrogen-bond acceptors (Lipinski definition) is 4. The number of carboxylic acid groups (broad SMARTS) is 1. The highest BCUT2D eigenvalue weighted by Gasteiger charge is 2.14. The molecule has 3 rings (SSSR count). The molecular weight excluding hydrogens is 332 g/mol. The van der Waals surface area contributed by atoms with E-state index in [1.54, 1.807) is 12.1 Å². The zero-order valence-corrected chi connectivity index (χ0v) is 14.4. The zero-order chi connectivity index (χ0) is 18.7. The first-order valence-electron chi connectivity index (χ1n) is 8.02. The van der Waals surface area contributed by atoms with E-state index in [2.05, 4.69) is 10.3 Å². The topological polar surface area (TPSA) is 88.5 Å². The van der Waals surface area contributed by atoms with Gasteiger partial charge in [0.25, 0.3) is 5.91 Å². The van der Waals surface area contributed by atoms with E-state index in [9.17, 15) is 14.7 Å². The van der Waals surface area contributed by atoms with E-state index in [4.69, 9.17) is 4.74 Å². The molecule has 0 radical (unpaired) electrons. The maximum atomic E-state index is 12.8. The van der Waals surface area contributed by atoms with Gasteiger partial charge in [-0.25, -0.2) is 4.79 Å². The molecule has 1 heterocycles. The van der Waals surface area contributed by atoms with Crippen molar-refractivity contribution in [3.8, 4) is 0 Å². The van der Waals surface area contributed by atoms with Crippen LogP contribution in [0.15, 0.2) is 48.5 Å². The van der Waals surface area contributed by atoms with Gasteiger partial charge in [-0.2, -0.15) is 0 Å². The number of pyridine rings is 1. The van der Waals surface area contributed by atoms with Crippen molar-refractivity contribution in [2.45, 2.75) is 13.5 Å². The summed E-state index contributed by atoms with van der Waals surface area (Å²) in [5.41, 5.74) is 3.11. The third-order valence-corrected chi connectivity index (χ3v) is 3.90. The zero-order valence-electron chi connectivity index (χ0n) is 14.4. The van der Waals surface area contributed by atoms with Crippen molar-refractivity contribution in [3.05, 3.63) is 70.9 Å². The minimum Gasteiger partial charge on any atom is -0.478 e. The van der Waals surface area contributed by atoms with Crippen LogP contribution in [0.4, 0.5) is 5.69 Å². The van der Waals surface area contributed by atoms with Gasteiger partial charge in [0.15, 0.2) is 0 Å². The molecule has 3 aromatic rings. The van der Waals surface area contributed by atoms with Crippen LogP contribution in [-0.2, 0) is 11.3 Å². The number of rotatable bonds is 5. The highest BCUT2D eigenvalue weighted by molar-refractivity contribution is 6.12. The molecule has 2 N–H and O–H groups in total. The lowest BCUT2D eigenvalue weighted by Gasteiger charge is -2.11. The van der Waals surface area contributed by atoms with Crippen LogP contribution in [-0.4, -0.2) is 29.1 Å². The summed E-state index contributed by atoms with van der Waals surface area (Å²) in [4.78, 5) is 28.6. The Labute approximate surface area is 150 Å². The normalized spacial score (nSPS) is 10.7. The number of aromatic carboxylic acids is 1. The van der Waals surface area contributed by atoms with Crippen LogP contribution < -0.4 is 5.32 Å². The fourth-order valence-corrected chi connectivity index (χ4v) is 2.83. The van der Waals surface area contributed by atoms with Gasteiger partial charge in [0, 0.05) is 23.9 Å². The fourth-order valence-electron chi connectivity index (χ4n) is 2.83. The molecular formula is C20H18N2O4. The Balaban J connectivity index is 1.99. The van der Waals surface area contributed by atoms with E-state index >= 15 is 0 Å². The number of aryl methyl sites for hydroxylation is 1. The summed E-state index contributed by atoms with van der Waals surface area (Å²) < 4.78 is 5.07. The summed E-state index contributed by atoms with van der Waals surface area (Å²) in [6.07, 6.45) is 0. The number of ether oxygens (including phenoxy) is 1. The lowest BCUT2D eigenvalue weighted by molar-refractivity contribution is 0.0696. The predicted octanol–water partition coefficient (Wildman–Crippen LogP) is 3.64. The van der Waals surface area contributed by atoms with E-state index in [1.165, 1.54) is 19.2 Å². The van der Waals surface area contributed by atoms with Crippen molar-refractivity contribution < 1.29 is 19.4 Å². The van der Waals surface area contributed by atoms with Gasteiger partial charge in [-0.1, -0.05) is 18.2 Å². The molecule has 0 aliphatic carbocycles. The molecule has 6 heteroatoms. The van der Waals surface area contributed by atoms with Crippen LogP contribution in [0.5, 0.6) is 0 Å². The first-order valence-corrected chi connectivity index (χ1v) is 8.02. The van der Waals surface area contributed by atoms with E-state index in [0.717, 1.165) is 16.6 Å². The molecule has 6 nitrogen and oxygen atoms in total. The van der Waals surface area contributed by atoms with Crippen molar-refractivity contribution in [1.82, 2.24) is 4.98 Å². The van der Waals surface area contributed by atoms with Gasteiger partial charge in [-0.05, 0) is 42.8 Å². The summed E-state index contributed by atoms with van der Waals surface area (Å²) in [6.45, 7) is 2.08. The van der Waals surface area contributed by atoms with Gasteiger partial charge in [0.05, 0.1) is 23.3 Å². The van der Waals surface area contributed by atoms with Crippen LogP contribution in [0.2, 0.25) is 0 Å². The second kappa shape index (κ2) is 7.33. The molecule has 0 unspecified atom stereocenters. The molecule has 0 aliphatic heterocycles. The van der Waals surface area contributed by atoms with Crippen molar-refractivity contribution in [2.75, 3.05) is 12.4 Å². The van der Waals surface area contributed by atoms with E-state index < -0.39 is 5.97 Å². The average Bonchev–Trinajstić information content (AvgIpc) is 2.61. The van der Waals surface area contributed by atoms with Crippen LogP contribution in [0.1, 0.15) is 32.0 Å². The maximum Gasteiger partial charge on any atom is 0.335 e. The lowest BCUT2D eigenvalue weighted by atomic mass is 10.1. The number of nitrogens with zero attached hydrogens (tertiary/aromatic N) is 1. The number of para-hydroxylation sites is 1. The Morgan fingerprint density at radius 1 is 1.15 bits per heavy atom. The molecule has 0 atom stereocenters. The van der Waals surface area contributed by atoms with Gasteiger partial charge >= 0.3 is 5.97 Å². The third kappa shape index (κ3) is 3.70. The Bertz CT molecular complexity index is 998. The number of hydrogen-bond donors (Lipinski definition) is 2. The lowest BCUT2D eigenvalue weighted by Crippen LogP contribution is -2.14. The monoisotopic (exact) mass is 350 g/mol. The van der Waals surface area contributed by atoms with Crippen molar-refractivity contribution >= 4 is 28.5 Å². The number of carboxylic acids is 1. The molecule has 26 heavy (non-hydrogen) atoms. The van der Waals surface area contributed by atoms with Gasteiger partial charge in [-0.15, -0.1) is 0 Å². The number of anilines is 1. The molecule has 0 saturated heterocycles. The van der Waals surface area contributed by atoms with E-state index in [1.807, 2.05) is 31.2 Å². The largest absolute Gasteiger partial charge is 0.478 e. The molecule has 132 valence electrons. The quantitative estimate of drug-likeness (QED) is 0.733. The van der Waals surface area contributed by atoms with Crippen LogP contribution in [0, 0.1) is 6.92 Å². The smallest absolute Gasteiger partial charge is 0.335 e. The summed E-state index contributed by atoms with van der Waals surface area (Å²) in [7, 11) is 1.53. The Morgan fingerprint density at radius 2 is 1.92 bits per heavy atom. The van der Waals surface area contributed by atoms with Crippen LogP contribution >= 0.6 is 0 Å². The third-order valence-electron chi connectivity index (χ3n) is 3.90. The minimum absolute atomic E-state index is 0.0885. The number of amides is 1. The van der Waals surface area contributed by atoms with Crippen molar-refractivity contribution in [2.24, 2.45) is 0 Å². The standard InChI is InChI=1S/C20H18N2O4/c1-12-7-17(16-5-3-4-6-18(16)21-12)19(23)22-15-9-13(11-26-2)8-14(10-15)20(24)25/h3-10H,11H2,1-2H3,(H,22,23)(H,24,25). The molecule has 0 spiro atoms. The van der Waals surface area contributed by atoms with Crippen molar-refractivity contribution in [3.63, 3.8) is 0 Å². The Hall–Kier alpha value is -3.25. The van der Waals surface area contributed by atoms with Crippen LogP contribution in [0.3, 0.4) is 0 Å². The van der Waals surface area contributed by atoms with Gasteiger partial charge in [0.1, 0.15) is 0 Å². The fraction of sp³-hybridized carbons (Fsp3) is 0.150. The molecule has 1 amide bonds. The summed E-state index contributed by atoms with van der Waals surface area (Å²) in [5.74, 6) is -1.39. The van der Waals surface area contributed by atoms with Gasteiger partial charge in [0.2, 0.25) is 0 Å². The van der Waals surface area contributed by atoms with E-state index in [0.29, 0.717) is 16.8 Å². The average molecular weight is 350 g/mol. The van der Waals surface area contributed by atoms with Crippen LogP contribution in [0.25, 0.3) is 10.9 Å². The number of carbonyl (C=O) groups excluding carboxylic acids is 1. The molecule has 0 saturated carbocycles. The highest BCUT2D eigenvalue weighted by Crippen LogP contribution is 2.21. The minimum atomic E-state index is -1.07. The molecule has 1 aromatic heterocycles. The number of benzene rings is 2. The summed E-state index contributed by atoms with van der Waals surface area (Å²) in [5, 5.41) is 12.8. The summed E-state index contributed by atoms with van der Waals surface area (Å²) in [6, 6.07) is 13.8. The Kier molecular flexibility index (Phi) is 4.95. The molecule has 0 aliphatic rings. The van der Waals surface area contributed by atoms with Crippen molar-refractivity contribution in [1.29, 1.82) is 0 Å². The maximum absolute atomic E-state index is 12.8. The second-order valence-corrected chi connectivity index (χ2v) is 5.94. The van der Waals surface area contributed by atoms with E-state index in [-0.39, 0.29) is 18.1 Å². The second-order valence-electron chi connectivity index (χ2n) is 5.94. The highest BCUT2D eigenvalue weighted by atomic mass is 16.5. The number of fused-ring (bicyclic) bond motifs is 1. The predicted molar refractivity (Wildman–Crippen MR) is 98.5 cm³/mol. The van der Waals surface area contributed by atoms with Gasteiger partial charge < -0.3 is 15.2 Å². The Morgan fingerprint density at radius 3 is 2.65 bits per heavy atom. The number of methoxy groups -OCH3 is 1. The number of nitrogens with one attached hydrogen (secondary N) is 1. The first kappa shape index (κ1) is 17.6. The first-order chi connectivity index (χ1) is 12.5. The molecule has 2 aromatic carbocycles.